The summed E-state index contributed by atoms with van der Waals surface area (Å²) >= 11 is 10.8. The van der Waals surface area contributed by atoms with Crippen molar-refractivity contribution in [2.75, 3.05) is 0 Å². The summed E-state index contributed by atoms with van der Waals surface area (Å²) in [5, 5.41) is 6.46. The fourth-order valence-corrected chi connectivity index (χ4v) is 6.40. The van der Waals surface area contributed by atoms with Crippen molar-refractivity contribution < 1.29 is 0 Å². The highest BCUT2D eigenvalue weighted by Gasteiger charge is 2.19. The topological polar surface area (TPSA) is 0 Å². The van der Waals surface area contributed by atoms with Gasteiger partial charge in [-0.2, -0.15) is 0 Å². The Kier molecular flexibility index (Phi) is 4.64. The summed E-state index contributed by atoms with van der Waals surface area (Å²) in [7, 11) is 0. The maximum Gasteiger partial charge on any atom is 0.0705 e. The molecule has 0 radical (unpaired) electrons. The maximum atomic E-state index is 3.61. The van der Waals surface area contributed by atoms with E-state index in [4.69, 9.17) is 0 Å². The van der Waals surface area contributed by atoms with Crippen LogP contribution in [0.4, 0.5) is 0 Å². The molecule has 0 unspecified atom stereocenters. The number of halogens is 1. The zero-order valence-electron chi connectivity index (χ0n) is 11.9. The molecule has 0 nitrogen and oxygen atoms in total. The van der Waals surface area contributed by atoms with Crippen molar-refractivity contribution in [1.82, 2.24) is 0 Å². The predicted octanol–water partition coefficient (Wildman–Crippen LogP) is 7.70. The Balaban J connectivity index is 2.05. The molecule has 0 fully saturated rings. The Morgan fingerprint density at radius 1 is 0.609 bits per heavy atom. The van der Waals surface area contributed by atoms with Gasteiger partial charge in [-0.05, 0) is 62.4 Å². The SMILES string of the molecule is Brc1ccc(C(=C(c2cccs2)c2cccs2)c2cccs2)s1. The Bertz CT molecular complexity index is 874. The molecule has 4 aromatic heterocycles. The first-order valence-electron chi connectivity index (χ1n) is 6.94. The molecule has 0 N–H and O–H groups in total. The van der Waals surface area contributed by atoms with Gasteiger partial charge in [-0.25, -0.2) is 0 Å². The number of hydrogen-bond donors (Lipinski definition) is 0. The summed E-state index contributed by atoms with van der Waals surface area (Å²) in [5.41, 5.74) is 2.67. The number of rotatable bonds is 4. The largest absolute Gasteiger partial charge is 0.144 e. The molecule has 23 heavy (non-hydrogen) atoms. The third kappa shape index (κ3) is 3.16. The lowest BCUT2D eigenvalue weighted by Crippen LogP contribution is -1.90. The third-order valence-corrected chi connectivity index (χ3v) is 7.68. The second kappa shape index (κ2) is 6.87. The smallest absolute Gasteiger partial charge is 0.0705 e. The van der Waals surface area contributed by atoms with Crippen molar-refractivity contribution in [2.24, 2.45) is 0 Å². The van der Waals surface area contributed by atoms with E-state index in [1.54, 1.807) is 45.3 Å². The van der Waals surface area contributed by atoms with Crippen molar-refractivity contribution in [2.45, 2.75) is 0 Å². The average molecular weight is 435 g/mol. The predicted molar refractivity (Wildman–Crippen MR) is 110 cm³/mol. The zero-order chi connectivity index (χ0) is 15.6. The Morgan fingerprint density at radius 3 is 1.43 bits per heavy atom. The van der Waals surface area contributed by atoms with Crippen LogP contribution in [0.2, 0.25) is 0 Å². The minimum atomic E-state index is 1.17. The van der Waals surface area contributed by atoms with Gasteiger partial charge in [0.05, 0.1) is 3.79 Å². The van der Waals surface area contributed by atoms with Gasteiger partial charge >= 0.3 is 0 Å². The molecule has 4 rings (SSSR count). The van der Waals surface area contributed by atoms with Crippen molar-refractivity contribution in [1.29, 1.82) is 0 Å². The molecule has 0 aliphatic rings. The molecule has 0 saturated heterocycles. The van der Waals surface area contributed by atoms with E-state index in [9.17, 15) is 0 Å². The van der Waals surface area contributed by atoms with Gasteiger partial charge in [0, 0.05) is 30.7 Å². The van der Waals surface area contributed by atoms with Gasteiger partial charge in [-0.3, -0.25) is 0 Å². The van der Waals surface area contributed by atoms with Crippen LogP contribution in [0.5, 0.6) is 0 Å². The van der Waals surface area contributed by atoms with Gasteiger partial charge in [0.25, 0.3) is 0 Å². The zero-order valence-corrected chi connectivity index (χ0v) is 16.7. The van der Waals surface area contributed by atoms with Crippen molar-refractivity contribution >= 4 is 72.4 Å². The molecule has 5 heteroatoms. The first-order chi connectivity index (χ1) is 11.3. The molecular weight excluding hydrogens is 424 g/mol. The van der Waals surface area contributed by atoms with Crippen LogP contribution >= 0.6 is 61.3 Å². The van der Waals surface area contributed by atoms with E-state index in [2.05, 4.69) is 80.6 Å². The van der Waals surface area contributed by atoms with Crippen LogP contribution in [0, 0.1) is 0 Å². The summed E-state index contributed by atoms with van der Waals surface area (Å²) in [6, 6.07) is 17.4. The van der Waals surface area contributed by atoms with Crippen LogP contribution in [-0.4, -0.2) is 0 Å². The summed E-state index contributed by atoms with van der Waals surface area (Å²) in [5.74, 6) is 0. The molecular formula is C18H11BrS4. The van der Waals surface area contributed by atoms with E-state index < -0.39 is 0 Å². The van der Waals surface area contributed by atoms with Gasteiger partial charge in [-0.15, -0.1) is 45.3 Å². The monoisotopic (exact) mass is 434 g/mol. The summed E-state index contributed by atoms with van der Waals surface area (Å²) in [6.45, 7) is 0. The van der Waals surface area contributed by atoms with Crippen LogP contribution in [-0.2, 0) is 0 Å². The van der Waals surface area contributed by atoms with Crippen molar-refractivity contribution in [3.05, 3.63) is 88.0 Å². The summed E-state index contributed by atoms with van der Waals surface area (Å²) in [4.78, 5) is 5.26. The number of hydrogen-bond acceptors (Lipinski definition) is 4. The Labute approximate surface area is 159 Å². The third-order valence-electron chi connectivity index (χ3n) is 3.37. The second-order valence-electron chi connectivity index (χ2n) is 4.79. The first-order valence-corrected chi connectivity index (χ1v) is 11.2. The van der Waals surface area contributed by atoms with E-state index in [1.165, 1.54) is 34.4 Å². The Morgan fingerprint density at radius 2 is 1.09 bits per heavy atom. The van der Waals surface area contributed by atoms with Crippen LogP contribution in [0.1, 0.15) is 19.5 Å². The molecule has 4 heterocycles. The van der Waals surface area contributed by atoms with Crippen LogP contribution < -0.4 is 0 Å². The molecule has 0 atom stereocenters. The molecule has 0 spiro atoms. The standard InChI is InChI=1S/C18H11BrS4/c19-16-8-7-15(23-16)18(14-6-3-11-22-14)17(12-4-1-9-20-12)13-5-2-10-21-13/h1-11H. The molecule has 4 aromatic rings. The number of thiophene rings is 4. The molecule has 0 aromatic carbocycles. The van der Waals surface area contributed by atoms with E-state index in [-0.39, 0.29) is 0 Å². The minimum Gasteiger partial charge on any atom is -0.144 e. The molecule has 0 aliphatic carbocycles. The van der Waals surface area contributed by atoms with E-state index in [1.807, 2.05) is 0 Å². The normalized spacial score (nSPS) is 10.8. The second-order valence-corrected chi connectivity index (χ2v) is 10.1. The molecule has 0 aliphatic heterocycles. The summed E-state index contributed by atoms with van der Waals surface area (Å²) < 4.78 is 1.17. The van der Waals surface area contributed by atoms with Crippen LogP contribution in [0.25, 0.3) is 11.1 Å². The molecule has 0 bridgehead atoms. The van der Waals surface area contributed by atoms with E-state index in [0.717, 1.165) is 0 Å². The van der Waals surface area contributed by atoms with Gasteiger partial charge < -0.3 is 0 Å². The van der Waals surface area contributed by atoms with Crippen molar-refractivity contribution in [3.8, 4) is 0 Å². The van der Waals surface area contributed by atoms with Crippen LogP contribution in [0.3, 0.4) is 0 Å². The van der Waals surface area contributed by atoms with E-state index >= 15 is 0 Å². The molecule has 0 amide bonds. The lowest BCUT2D eigenvalue weighted by Gasteiger charge is -2.11. The molecule has 0 saturated carbocycles. The average Bonchev–Trinajstić information content (AvgIpc) is 3.31. The lowest BCUT2D eigenvalue weighted by molar-refractivity contribution is 1.73. The highest BCUT2D eigenvalue weighted by molar-refractivity contribution is 9.11. The van der Waals surface area contributed by atoms with Gasteiger partial charge in [0.15, 0.2) is 0 Å². The quantitative estimate of drug-likeness (QED) is 0.308. The van der Waals surface area contributed by atoms with Gasteiger partial charge in [0.2, 0.25) is 0 Å². The van der Waals surface area contributed by atoms with Gasteiger partial charge in [0.1, 0.15) is 0 Å². The minimum absolute atomic E-state index is 1.17. The highest BCUT2D eigenvalue weighted by Crippen LogP contribution is 2.43. The van der Waals surface area contributed by atoms with Crippen molar-refractivity contribution in [3.63, 3.8) is 0 Å². The molecule has 114 valence electrons. The van der Waals surface area contributed by atoms with Gasteiger partial charge in [-0.1, -0.05) is 18.2 Å². The van der Waals surface area contributed by atoms with E-state index in [0.29, 0.717) is 0 Å². The first kappa shape index (κ1) is 15.5. The fraction of sp³-hybridized carbons (Fsp3) is 0. The summed E-state index contributed by atoms with van der Waals surface area (Å²) in [6.07, 6.45) is 0. The lowest BCUT2D eigenvalue weighted by atomic mass is 10.0. The maximum absolute atomic E-state index is 3.61. The fourth-order valence-electron chi connectivity index (χ4n) is 2.45. The highest BCUT2D eigenvalue weighted by atomic mass is 79.9. The Hall–Kier alpha value is -0.980. The van der Waals surface area contributed by atoms with Crippen LogP contribution in [0.15, 0.2) is 68.5 Å².